The molecule has 2 aromatic rings. The minimum absolute atomic E-state index is 0.130. The smallest absolute Gasteiger partial charge is 0.255 e. The SMILES string of the molecule is Cc1cccc(N([C@H](C)C(=O)Nc2ccccc2C(=O)N2CCCC2)S(C)(=O)=O)c1. The lowest BCUT2D eigenvalue weighted by molar-refractivity contribution is -0.116. The van der Waals surface area contributed by atoms with Crippen LogP contribution < -0.4 is 9.62 Å². The number of nitrogens with one attached hydrogen (secondary N) is 1. The van der Waals surface area contributed by atoms with Crippen molar-refractivity contribution in [3.8, 4) is 0 Å². The van der Waals surface area contributed by atoms with Gasteiger partial charge < -0.3 is 10.2 Å². The molecule has 2 amide bonds. The third-order valence-corrected chi connectivity index (χ3v) is 6.39. The molecule has 1 fully saturated rings. The molecule has 0 bridgehead atoms. The normalized spacial score (nSPS) is 15.0. The molecule has 0 unspecified atom stereocenters. The van der Waals surface area contributed by atoms with Gasteiger partial charge in [0.05, 0.1) is 23.2 Å². The molecule has 0 saturated carbocycles. The maximum Gasteiger partial charge on any atom is 0.255 e. The van der Waals surface area contributed by atoms with Crippen LogP contribution in [0.5, 0.6) is 0 Å². The molecular weight excluding hydrogens is 402 g/mol. The van der Waals surface area contributed by atoms with E-state index < -0.39 is 22.0 Å². The van der Waals surface area contributed by atoms with Crippen LogP contribution in [0.4, 0.5) is 11.4 Å². The Morgan fingerprint density at radius 2 is 1.73 bits per heavy atom. The van der Waals surface area contributed by atoms with Crippen LogP contribution in [0.3, 0.4) is 0 Å². The molecule has 0 aliphatic carbocycles. The Kier molecular flexibility index (Phi) is 6.45. The molecule has 3 rings (SSSR count). The van der Waals surface area contributed by atoms with Gasteiger partial charge in [-0.05, 0) is 56.5 Å². The standard InChI is InChI=1S/C22H27N3O4S/c1-16-9-8-10-18(15-16)25(30(3,28)29)17(2)21(26)23-20-12-5-4-11-19(20)22(27)24-13-6-7-14-24/h4-5,8-12,15,17H,6-7,13-14H2,1-3H3,(H,23,26)/t17-/m1/s1. The van der Waals surface area contributed by atoms with Crippen LogP contribution in [0.2, 0.25) is 0 Å². The second kappa shape index (κ2) is 8.87. The highest BCUT2D eigenvalue weighted by atomic mass is 32.2. The monoisotopic (exact) mass is 429 g/mol. The first-order valence-corrected chi connectivity index (χ1v) is 11.8. The molecule has 0 radical (unpaired) electrons. The summed E-state index contributed by atoms with van der Waals surface area (Å²) in [5.74, 6) is -0.640. The summed E-state index contributed by atoms with van der Waals surface area (Å²) in [5.41, 5.74) is 2.09. The van der Waals surface area contributed by atoms with Crippen molar-refractivity contribution < 1.29 is 18.0 Å². The lowest BCUT2D eigenvalue weighted by Gasteiger charge is -2.28. The number of likely N-dealkylation sites (tertiary alicyclic amines) is 1. The minimum atomic E-state index is -3.71. The molecule has 8 heteroatoms. The van der Waals surface area contributed by atoms with E-state index in [1.54, 1.807) is 47.4 Å². The molecule has 1 aliphatic heterocycles. The highest BCUT2D eigenvalue weighted by Crippen LogP contribution is 2.24. The topological polar surface area (TPSA) is 86.8 Å². The second-order valence-electron chi connectivity index (χ2n) is 7.61. The summed E-state index contributed by atoms with van der Waals surface area (Å²) < 4.78 is 26.0. The molecule has 1 heterocycles. The number of amides is 2. The highest BCUT2D eigenvalue weighted by molar-refractivity contribution is 7.92. The lowest BCUT2D eigenvalue weighted by atomic mass is 10.1. The predicted octanol–water partition coefficient (Wildman–Crippen LogP) is 3.02. The van der Waals surface area contributed by atoms with E-state index in [1.165, 1.54) is 6.92 Å². The van der Waals surface area contributed by atoms with E-state index in [0.717, 1.165) is 29.0 Å². The molecule has 30 heavy (non-hydrogen) atoms. The predicted molar refractivity (Wildman–Crippen MR) is 118 cm³/mol. The van der Waals surface area contributed by atoms with Crippen LogP contribution in [0, 0.1) is 6.92 Å². The number of para-hydroxylation sites is 1. The Morgan fingerprint density at radius 1 is 1.07 bits per heavy atom. The van der Waals surface area contributed by atoms with E-state index >= 15 is 0 Å². The largest absolute Gasteiger partial charge is 0.339 e. The fourth-order valence-electron chi connectivity index (χ4n) is 3.68. The number of nitrogens with zero attached hydrogens (tertiary/aromatic N) is 2. The average molecular weight is 430 g/mol. The van der Waals surface area contributed by atoms with Crippen molar-refractivity contribution in [2.75, 3.05) is 29.0 Å². The van der Waals surface area contributed by atoms with Gasteiger partial charge in [0, 0.05) is 13.1 Å². The van der Waals surface area contributed by atoms with Crippen molar-refractivity contribution in [2.24, 2.45) is 0 Å². The van der Waals surface area contributed by atoms with Crippen LogP contribution in [0.15, 0.2) is 48.5 Å². The van der Waals surface area contributed by atoms with E-state index in [1.807, 2.05) is 13.0 Å². The number of hydrogen-bond donors (Lipinski definition) is 1. The van der Waals surface area contributed by atoms with E-state index in [9.17, 15) is 18.0 Å². The number of sulfonamides is 1. The van der Waals surface area contributed by atoms with Crippen LogP contribution in [0.1, 0.15) is 35.7 Å². The summed E-state index contributed by atoms with van der Waals surface area (Å²) in [7, 11) is -3.71. The number of carbonyl (C=O) groups excluding carboxylic acids is 2. The lowest BCUT2D eigenvalue weighted by Crippen LogP contribution is -2.45. The maximum absolute atomic E-state index is 13.0. The highest BCUT2D eigenvalue weighted by Gasteiger charge is 2.30. The van der Waals surface area contributed by atoms with Gasteiger partial charge in [-0.15, -0.1) is 0 Å². The van der Waals surface area contributed by atoms with Gasteiger partial charge in [0.1, 0.15) is 6.04 Å². The molecule has 0 aromatic heterocycles. The fourth-order valence-corrected chi connectivity index (χ4v) is 4.85. The number of anilines is 2. The molecule has 7 nitrogen and oxygen atoms in total. The zero-order valence-electron chi connectivity index (χ0n) is 17.5. The Bertz CT molecular complexity index is 1050. The Labute approximate surface area is 177 Å². The number of aryl methyl sites for hydroxylation is 1. The summed E-state index contributed by atoms with van der Waals surface area (Å²) in [4.78, 5) is 27.6. The van der Waals surface area contributed by atoms with Crippen LogP contribution in [-0.2, 0) is 14.8 Å². The van der Waals surface area contributed by atoms with Gasteiger partial charge in [0.2, 0.25) is 15.9 Å². The molecule has 1 saturated heterocycles. The third kappa shape index (κ3) is 4.81. The molecule has 1 aliphatic rings. The van der Waals surface area contributed by atoms with Gasteiger partial charge >= 0.3 is 0 Å². The molecule has 2 aromatic carbocycles. The first kappa shape index (κ1) is 21.8. The molecule has 0 spiro atoms. The Hall–Kier alpha value is -2.87. The van der Waals surface area contributed by atoms with E-state index in [0.29, 0.717) is 30.0 Å². The van der Waals surface area contributed by atoms with Crippen molar-refractivity contribution in [3.63, 3.8) is 0 Å². The first-order chi connectivity index (χ1) is 14.2. The number of carbonyl (C=O) groups is 2. The van der Waals surface area contributed by atoms with Crippen LogP contribution in [0.25, 0.3) is 0 Å². The van der Waals surface area contributed by atoms with Crippen molar-refractivity contribution in [2.45, 2.75) is 32.7 Å². The zero-order chi connectivity index (χ0) is 21.9. The van der Waals surface area contributed by atoms with Gasteiger partial charge in [0.25, 0.3) is 5.91 Å². The van der Waals surface area contributed by atoms with Gasteiger partial charge in [-0.25, -0.2) is 8.42 Å². The third-order valence-electron chi connectivity index (χ3n) is 5.15. The molecule has 1 atom stereocenters. The zero-order valence-corrected chi connectivity index (χ0v) is 18.3. The van der Waals surface area contributed by atoms with Gasteiger partial charge in [-0.2, -0.15) is 0 Å². The van der Waals surface area contributed by atoms with Gasteiger partial charge in [0.15, 0.2) is 0 Å². The Morgan fingerprint density at radius 3 is 2.37 bits per heavy atom. The van der Waals surface area contributed by atoms with Gasteiger partial charge in [-0.3, -0.25) is 13.9 Å². The summed E-state index contributed by atoms with van der Waals surface area (Å²) in [5, 5.41) is 2.76. The van der Waals surface area contributed by atoms with E-state index in [2.05, 4.69) is 5.32 Å². The maximum atomic E-state index is 13.0. The van der Waals surface area contributed by atoms with Gasteiger partial charge in [-0.1, -0.05) is 24.3 Å². The fraction of sp³-hybridized carbons (Fsp3) is 0.364. The molecule has 1 N–H and O–H groups in total. The number of rotatable bonds is 6. The van der Waals surface area contributed by atoms with Crippen molar-refractivity contribution >= 4 is 33.2 Å². The van der Waals surface area contributed by atoms with Crippen molar-refractivity contribution in [1.29, 1.82) is 0 Å². The van der Waals surface area contributed by atoms with Crippen molar-refractivity contribution in [3.05, 3.63) is 59.7 Å². The van der Waals surface area contributed by atoms with Crippen LogP contribution in [-0.4, -0.2) is 50.5 Å². The Balaban J connectivity index is 1.87. The first-order valence-electron chi connectivity index (χ1n) is 9.94. The van der Waals surface area contributed by atoms with Crippen molar-refractivity contribution in [1.82, 2.24) is 4.90 Å². The summed E-state index contributed by atoms with van der Waals surface area (Å²) >= 11 is 0. The molecular formula is C22H27N3O4S. The summed E-state index contributed by atoms with van der Waals surface area (Å²) in [6.07, 6.45) is 3.01. The van der Waals surface area contributed by atoms with E-state index in [-0.39, 0.29) is 5.91 Å². The minimum Gasteiger partial charge on any atom is -0.339 e. The summed E-state index contributed by atoms with van der Waals surface area (Å²) in [6, 6.07) is 12.8. The average Bonchev–Trinajstić information content (AvgIpc) is 3.21. The van der Waals surface area contributed by atoms with Crippen LogP contribution >= 0.6 is 0 Å². The number of hydrogen-bond acceptors (Lipinski definition) is 4. The quantitative estimate of drug-likeness (QED) is 0.765. The summed E-state index contributed by atoms with van der Waals surface area (Å²) in [6.45, 7) is 4.79. The number of benzene rings is 2. The molecule has 160 valence electrons. The van der Waals surface area contributed by atoms with E-state index in [4.69, 9.17) is 0 Å². The second-order valence-corrected chi connectivity index (χ2v) is 9.47.